The van der Waals surface area contributed by atoms with Crippen LogP contribution in [0.1, 0.15) is 36.0 Å². The smallest absolute Gasteiger partial charge is 0.150 e. The molecule has 1 fully saturated rings. The molecule has 0 saturated heterocycles. The minimum Gasteiger partial charge on any atom is -0.489 e. The van der Waals surface area contributed by atoms with Crippen molar-refractivity contribution in [3.8, 4) is 5.75 Å². The number of hydrogen-bond acceptors (Lipinski definition) is 3. The highest BCUT2D eigenvalue weighted by Gasteiger charge is 2.23. The molecular weight excluding hydrogens is 296 g/mol. The fraction of sp³-hybridized carbons (Fsp3) is 0.500. The quantitative estimate of drug-likeness (QED) is 0.797. The number of carbonyl (C=O) groups is 1. The maximum absolute atomic E-state index is 10.7. The molecule has 18 heavy (non-hydrogen) atoms. The van der Waals surface area contributed by atoms with E-state index in [4.69, 9.17) is 9.47 Å². The molecule has 0 spiro atoms. The minimum atomic E-state index is 0.196. The average molecular weight is 313 g/mol. The molecule has 1 saturated carbocycles. The van der Waals surface area contributed by atoms with Crippen LogP contribution in [-0.2, 0) is 4.74 Å². The van der Waals surface area contributed by atoms with Crippen LogP contribution in [0.15, 0.2) is 22.7 Å². The Kier molecular flexibility index (Phi) is 4.78. The van der Waals surface area contributed by atoms with Crippen molar-refractivity contribution in [3.63, 3.8) is 0 Å². The van der Waals surface area contributed by atoms with Gasteiger partial charge in [-0.25, -0.2) is 0 Å². The average Bonchev–Trinajstić information content (AvgIpc) is 2.41. The SMILES string of the molecule is COC1CCCC(Oc2ccc(C=O)cc2Br)C1. The first-order valence-electron chi connectivity index (χ1n) is 6.17. The van der Waals surface area contributed by atoms with Gasteiger partial charge in [0.1, 0.15) is 18.1 Å². The number of ether oxygens (including phenoxy) is 2. The monoisotopic (exact) mass is 312 g/mol. The summed E-state index contributed by atoms with van der Waals surface area (Å²) in [5.41, 5.74) is 0.646. The molecule has 4 heteroatoms. The van der Waals surface area contributed by atoms with Gasteiger partial charge >= 0.3 is 0 Å². The lowest BCUT2D eigenvalue weighted by molar-refractivity contribution is 0.0207. The standard InChI is InChI=1S/C14H17BrO3/c1-17-11-3-2-4-12(8-11)18-14-6-5-10(9-16)7-13(14)15/h5-7,9,11-12H,2-4,8H2,1H3. The van der Waals surface area contributed by atoms with E-state index < -0.39 is 0 Å². The van der Waals surface area contributed by atoms with Crippen LogP contribution in [-0.4, -0.2) is 25.6 Å². The summed E-state index contributed by atoms with van der Waals surface area (Å²) >= 11 is 3.43. The van der Waals surface area contributed by atoms with E-state index in [2.05, 4.69) is 15.9 Å². The van der Waals surface area contributed by atoms with Crippen molar-refractivity contribution in [1.29, 1.82) is 0 Å². The second-order valence-corrected chi connectivity index (χ2v) is 5.43. The summed E-state index contributed by atoms with van der Waals surface area (Å²) in [5, 5.41) is 0. The molecule has 2 unspecified atom stereocenters. The number of hydrogen-bond donors (Lipinski definition) is 0. The van der Waals surface area contributed by atoms with Crippen LogP contribution in [0.3, 0.4) is 0 Å². The number of rotatable bonds is 4. The molecule has 0 heterocycles. The summed E-state index contributed by atoms with van der Waals surface area (Å²) < 4.78 is 12.2. The van der Waals surface area contributed by atoms with Gasteiger partial charge in [0, 0.05) is 19.1 Å². The lowest BCUT2D eigenvalue weighted by atomic mass is 9.95. The molecule has 2 atom stereocenters. The van der Waals surface area contributed by atoms with Gasteiger partial charge < -0.3 is 9.47 Å². The van der Waals surface area contributed by atoms with Crippen LogP contribution in [0.5, 0.6) is 5.75 Å². The van der Waals surface area contributed by atoms with Crippen LogP contribution >= 0.6 is 15.9 Å². The zero-order valence-corrected chi connectivity index (χ0v) is 12.0. The molecule has 0 amide bonds. The normalized spacial score (nSPS) is 23.7. The summed E-state index contributed by atoms with van der Waals surface area (Å²) in [6.07, 6.45) is 5.56. The van der Waals surface area contributed by atoms with E-state index in [1.165, 1.54) is 0 Å². The van der Waals surface area contributed by atoms with Crippen LogP contribution in [0.25, 0.3) is 0 Å². The molecule has 2 rings (SSSR count). The Morgan fingerprint density at radius 3 is 2.78 bits per heavy atom. The third-order valence-electron chi connectivity index (χ3n) is 3.30. The molecule has 0 N–H and O–H groups in total. The largest absolute Gasteiger partial charge is 0.489 e. The van der Waals surface area contributed by atoms with Gasteiger partial charge in [-0.1, -0.05) is 0 Å². The first-order valence-corrected chi connectivity index (χ1v) is 6.96. The second kappa shape index (κ2) is 6.34. The van der Waals surface area contributed by atoms with Gasteiger partial charge in [0.05, 0.1) is 10.6 Å². The van der Waals surface area contributed by atoms with Crippen molar-refractivity contribution in [1.82, 2.24) is 0 Å². The maximum atomic E-state index is 10.7. The number of benzene rings is 1. The van der Waals surface area contributed by atoms with Crippen LogP contribution < -0.4 is 4.74 Å². The fourth-order valence-corrected chi connectivity index (χ4v) is 2.78. The maximum Gasteiger partial charge on any atom is 0.150 e. The van der Waals surface area contributed by atoms with Crippen molar-refractivity contribution >= 4 is 22.2 Å². The first kappa shape index (κ1) is 13.6. The number of methoxy groups -OCH3 is 1. The van der Waals surface area contributed by atoms with Gasteiger partial charge in [-0.2, -0.15) is 0 Å². The first-order chi connectivity index (χ1) is 8.72. The van der Waals surface area contributed by atoms with E-state index in [1.54, 1.807) is 19.2 Å². The van der Waals surface area contributed by atoms with Crippen molar-refractivity contribution in [2.75, 3.05) is 7.11 Å². The van der Waals surface area contributed by atoms with E-state index in [0.717, 1.165) is 42.2 Å². The zero-order chi connectivity index (χ0) is 13.0. The van der Waals surface area contributed by atoms with Gasteiger partial charge in [0.25, 0.3) is 0 Å². The predicted octanol–water partition coefficient (Wildman–Crippen LogP) is 3.60. The van der Waals surface area contributed by atoms with E-state index >= 15 is 0 Å². The second-order valence-electron chi connectivity index (χ2n) is 4.57. The zero-order valence-electron chi connectivity index (χ0n) is 10.4. The third-order valence-corrected chi connectivity index (χ3v) is 3.92. The topological polar surface area (TPSA) is 35.5 Å². The molecule has 3 nitrogen and oxygen atoms in total. The Bertz CT molecular complexity index is 420. The molecule has 1 aliphatic rings. The molecule has 1 aliphatic carbocycles. The van der Waals surface area contributed by atoms with E-state index in [9.17, 15) is 4.79 Å². The highest BCUT2D eigenvalue weighted by atomic mass is 79.9. The highest BCUT2D eigenvalue weighted by Crippen LogP contribution is 2.30. The van der Waals surface area contributed by atoms with Crippen molar-refractivity contribution in [3.05, 3.63) is 28.2 Å². The van der Waals surface area contributed by atoms with Gasteiger partial charge in [0.15, 0.2) is 0 Å². The van der Waals surface area contributed by atoms with Crippen LogP contribution in [0, 0.1) is 0 Å². The Morgan fingerprint density at radius 1 is 1.33 bits per heavy atom. The van der Waals surface area contributed by atoms with Crippen LogP contribution in [0.2, 0.25) is 0 Å². The molecule has 0 aliphatic heterocycles. The number of halogens is 1. The lowest BCUT2D eigenvalue weighted by Gasteiger charge is -2.29. The Labute approximate surface area is 116 Å². The molecule has 1 aromatic carbocycles. The minimum absolute atomic E-state index is 0.196. The number of aldehydes is 1. The summed E-state index contributed by atoms with van der Waals surface area (Å²) in [6.45, 7) is 0. The van der Waals surface area contributed by atoms with Gasteiger partial charge in [-0.05, 0) is 53.4 Å². The van der Waals surface area contributed by atoms with E-state index in [1.807, 2.05) is 6.07 Å². The van der Waals surface area contributed by atoms with Gasteiger partial charge in [0.2, 0.25) is 0 Å². The Morgan fingerprint density at radius 2 is 2.11 bits per heavy atom. The molecule has 1 aromatic rings. The molecule has 0 radical (unpaired) electrons. The van der Waals surface area contributed by atoms with Gasteiger partial charge in [-0.15, -0.1) is 0 Å². The third kappa shape index (κ3) is 3.33. The molecular formula is C14H17BrO3. The summed E-state index contributed by atoms with van der Waals surface area (Å²) in [5.74, 6) is 0.794. The summed E-state index contributed by atoms with van der Waals surface area (Å²) in [4.78, 5) is 10.7. The summed E-state index contributed by atoms with van der Waals surface area (Å²) in [6, 6.07) is 5.38. The Balaban J connectivity index is 2.02. The molecule has 0 bridgehead atoms. The van der Waals surface area contributed by atoms with Gasteiger partial charge in [-0.3, -0.25) is 4.79 Å². The van der Waals surface area contributed by atoms with E-state index in [-0.39, 0.29) is 6.10 Å². The number of carbonyl (C=O) groups excluding carboxylic acids is 1. The lowest BCUT2D eigenvalue weighted by Crippen LogP contribution is -2.29. The van der Waals surface area contributed by atoms with Crippen molar-refractivity contribution in [2.24, 2.45) is 0 Å². The van der Waals surface area contributed by atoms with Crippen LogP contribution in [0.4, 0.5) is 0 Å². The molecule has 98 valence electrons. The van der Waals surface area contributed by atoms with E-state index in [0.29, 0.717) is 11.7 Å². The molecule has 0 aromatic heterocycles. The fourth-order valence-electron chi connectivity index (χ4n) is 2.29. The predicted molar refractivity (Wildman–Crippen MR) is 73.2 cm³/mol. The summed E-state index contributed by atoms with van der Waals surface area (Å²) in [7, 11) is 1.75. The highest BCUT2D eigenvalue weighted by molar-refractivity contribution is 9.10. The van der Waals surface area contributed by atoms with Crippen molar-refractivity contribution in [2.45, 2.75) is 37.9 Å². The Hall–Kier alpha value is -0.870. The van der Waals surface area contributed by atoms with Crippen molar-refractivity contribution < 1.29 is 14.3 Å².